The van der Waals surface area contributed by atoms with Crippen molar-refractivity contribution in [3.8, 4) is 5.75 Å². The maximum absolute atomic E-state index is 14.3. The molecule has 0 aromatic heterocycles. The van der Waals surface area contributed by atoms with Crippen molar-refractivity contribution >= 4 is 63.3 Å². The zero-order chi connectivity index (χ0) is 28.0. The van der Waals surface area contributed by atoms with Crippen molar-refractivity contribution in [2.24, 2.45) is 0 Å². The average Bonchev–Trinajstić information content (AvgIpc) is 3.22. The molecule has 3 atom stereocenters. The molecule has 1 spiro atoms. The molecular formula is C31H30Cl2IN3O3. The van der Waals surface area contributed by atoms with Gasteiger partial charge in [0.2, 0.25) is 11.8 Å². The molecule has 3 aromatic carbocycles. The summed E-state index contributed by atoms with van der Waals surface area (Å²) in [5, 5.41) is 7.42. The van der Waals surface area contributed by atoms with Gasteiger partial charge in [-0.25, -0.2) is 0 Å². The molecule has 0 saturated carbocycles. The Morgan fingerprint density at radius 1 is 1.02 bits per heavy atom. The number of likely N-dealkylation sites (tertiary alicyclic amines) is 1. The van der Waals surface area contributed by atoms with E-state index >= 15 is 0 Å². The van der Waals surface area contributed by atoms with E-state index in [1.165, 1.54) is 0 Å². The van der Waals surface area contributed by atoms with E-state index in [4.69, 9.17) is 27.9 Å². The summed E-state index contributed by atoms with van der Waals surface area (Å²) in [6.45, 7) is 5.18. The van der Waals surface area contributed by atoms with Crippen LogP contribution >= 0.6 is 45.8 Å². The highest BCUT2D eigenvalue weighted by atomic mass is 127. The molecule has 0 aliphatic carbocycles. The Kier molecular flexibility index (Phi) is 7.76. The highest BCUT2D eigenvalue weighted by molar-refractivity contribution is 14.1. The quantitative estimate of drug-likeness (QED) is 0.293. The van der Waals surface area contributed by atoms with Crippen molar-refractivity contribution in [3.05, 3.63) is 91.0 Å². The summed E-state index contributed by atoms with van der Waals surface area (Å²) in [7, 11) is 0. The summed E-state index contributed by atoms with van der Waals surface area (Å²) in [5.41, 5.74) is 1.95. The molecule has 6 nitrogen and oxygen atoms in total. The fourth-order valence-electron chi connectivity index (χ4n) is 6.64. The number of hydrogen-bond acceptors (Lipinski definition) is 4. The lowest BCUT2D eigenvalue weighted by atomic mass is 9.59. The molecule has 2 amide bonds. The lowest BCUT2D eigenvalue weighted by Crippen LogP contribution is -2.57. The van der Waals surface area contributed by atoms with Gasteiger partial charge >= 0.3 is 0 Å². The molecule has 3 aromatic rings. The molecule has 3 aliphatic heterocycles. The van der Waals surface area contributed by atoms with E-state index in [1.807, 2.05) is 42.5 Å². The van der Waals surface area contributed by atoms with E-state index in [9.17, 15) is 9.59 Å². The Morgan fingerprint density at radius 2 is 1.80 bits per heavy atom. The van der Waals surface area contributed by atoms with Crippen LogP contribution < -0.4 is 15.4 Å². The van der Waals surface area contributed by atoms with E-state index in [-0.39, 0.29) is 24.3 Å². The summed E-state index contributed by atoms with van der Waals surface area (Å²) < 4.78 is 7.66. The van der Waals surface area contributed by atoms with Gasteiger partial charge in [0.15, 0.2) is 0 Å². The number of carbonyl (C=O) groups excluding carboxylic acids is 2. The molecule has 6 rings (SSSR count). The van der Waals surface area contributed by atoms with Gasteiger partial charge in [0.25, 0.3) is 0 Å². The highest BCUT2D eigenvalue weighted by Crippen LogP contribution is 2.58. The summed E-state index contributed by atoms with van der Waals surface area (Å²) in [5.74, 6) is -0.0782. The maximum atomic E-state index is 14.3. The van der Waals surface area contributed by atoms with Crippen LogP contribution in [0.4, 0.5) is 5.69 Å². The predicted molar refractivity (Wildman–Crippen MR) is 166 cm³/mol. The topological polar surface area (TPSA) is 70.7 Å². The number of nitrogens with zero attached hydrogens (tertiary/aromatic N) is 1. The van der Waals surface area contributed by atoms with Gasteiger partial charge in [-0.2, -0.15) is 0 Å². The van der Waals surface area contributed by atoms with Crippen LogP contribution in [0, 0.1) is 3.57 Å². The number of piperidine rings is 2. The molecule has 3 heterocycles. The normalized spacial score (nSPS) is 25.0. The monoisotopic (exact) mass is 689 g/mol. The van der Waals surface area contributed by atoms with Gasteiger partial charge in [0.1, 0.15) is 17.3 Å². The minimum Gasteiger partial charge on any atom is -0.490 e. The van der Waals surface area contributed by atoms with Crippen molar-refractivity contribution in [2.75, 3.05) is 25.0 Å². The standard InChI is InChI=1S/C31H30Cl2IN3O3/c1-2-37-12-10-22(11-13-37)40-27-9-7-21(34)16-23(27)29-31(24-8-6-20(33)15-26(24)35-30(31)39)25(17-28(38)36-29)18-4-3-5-19(32)14-18/h3-9,14-16,22,25,29H,2,10-13,17H2,1H3,(H,35,39)(H,36,38)/t25-,29+,31-/m0/s1. The van der Waals surface area contributed by atoms with Gasteiger partial charge in [0, 0.05) is 50.3 Å². The van der Waals surface area contributed by atoms with Crippen molar-refractivity contribution in [3.63, 3.8) is 0 Å². The molecule has 9 heteroatoms. The van der Waals surface area contributed by atoms with Gasteiger partial charge in [-0.05, 0) is 95.6 Å². The van der Waals surface area contributed by atoms with Crippen LogP contribution in [0.3, 0.4) is 0 Å². The number of hydrogen-bond donors (Lipinski definition) is 2. The van der Waals surface area contributed by atoms with Crippen LogP contribution in [0.25, 0.3) is 0 Å². The van der Waals surface area contributed by atoms with Gasteiger partial charge < -0.3 is 20.3 Å². The molecule has 3 aliphatic rings. The van der Waals surface area contributed by atoms with E-state index in [0.29, 0.717) is 21.5 Å². The SMILES string of the molecule is CCN1CCC(Oc2ccc(I)cc2[C@H]2NC(=O)C[C@@H](c3cccc(Cl)c3)[C@]23C(=O)Nc2cc(Cl)ccc23)CC1. The Morgan fingerprint density at radius 3 is 2.55 bits per heavy atom. The van der Waals surface area contributed by atoms with Crippen molar-refractivity contribution in [1.29, 1.82) is 0 Å². The fourth-order valence-corrected chi connectivity index (χ4v) is 7.53. The third-order valence-electron chi connectivity index (χ3n) is 8.56. The maximum Gasteiger partial charge on any atom is 0.238 e. The van der Waals surface area contributed by atoms with Crippen LogP contribution in [0.1, 0.15) is 54.8 Å². The van der Waals surface area contributed by atoms with Crippen LogP contribution in [0.5, 0.6) is 5.75 Å². The van der Waals surface area contributed by atoms with Gasteiger partial charge in [0.05, 0.1) is 6.04 Å². The first kappa shape index (κ1) is 27.8. The summed E-state index contributed by atoms with van der Waals surface area (Å²) in [6, 6.07) is 18.3. The lowest BCUT2D eigenvalue weighted by molar-refractivity contribution is -0.131. The third kappa shape index (κ3) is 4.89. The van der Waals surface area contributed by atoms with Crippen LogP contribution in [0.15, 0.2) is 60.7 Å². The number of rotatable bonds is 5. The van der Waals surface area contributed by atoms with Crippen LogP contribution in [0.2, 0.25) is 10.0 Å². The van der Waals surface area contributed by atoms with Gasteiger partial charge in [-0.15, -0.1) is 0 Å². The molecule has 40 heavy (non-hydrogen) atoms. The van der Waals surface area contributed by atoms with E-state index < -0.39 is 17.4 Å². The number of carbonyl (C=O) groups is 2. The lowest BCUT2D eigenvalue weighted by Gasteiger charge is -2.47. The first-order valence-corrected chi connectivity index (χ1v) is 15.5. The number of fused-ring (bicyclic) bond motifs is 2. The van der Waals surface area contributed by atoms with E-state index in [2.05, 4.69) is 45.0 Å². The van der Waals surface area contributed by atoms with Crippen molar-refractivity contribution in [2.45, 2.75) is 49.7 Å². The molecule has 0 unspecified atom stereocenters. The molecule has 2 saturated heterocycles. The number of amides is 2. The fraction of sp³-hybridized carbons (Fsp3) is 0.355. The second-order valence-electron chi connectivity index (χ2n) is 10.8. The number of nitrogens with one attached hydrogen (secondary N) is 2. The van der Waals surface area contributed by atoms with Gasteiger partial charge in [-0.3, -0.25) is 9.59 Å². The highest BCUT2D eigenvalue weighted by Gasteiger charge is 2.61. The molecule has 2 fully saturated rings. The second-order valence-corrected chi connectivity index (χ2v) is 12.9. The van der Waals surface area contributed by atoms with Gasteiger partial charge in [-0.1, -0.05) is 48.3 Å². The van der Waals surface area contributed by atoms with Crippen molar-refractivity contribution < 1.29 is 14.3 Å². The zero-order valence-electron chi connectivity index (χ0n) is 22.1. The Labute approximate surface area is 257 Å². The number of anilines is 1. The second kappa shape index (κ2) is 11.2. The van der Waals surface area contributed by atoms with Crippen LogP contribution in [-0.2, 0) is 15.0 Å². The van der Waals surface area contributed by atoms with Crippen molar-refractivity contribution in [1.82, 2.24) is 10.2 Å². The minimum absolute atomic E-state index is 0.0593. The van der Waals surface area contributed by atoms with Crippen LogP contribution in [-0.4, -0.2) is 42.5 Å². The molecule has 208 valence electrons. The molecule has 0 radical (unpaired) electrons. The average molecular weight is 690 g/mol. The first-order chi connectivity index (χ1) is 19.3. The Bertz CT molecular complexity index is 1480. The third-order valence-corrected chi connectivity index (χ3v) is 9.70. The number of halogens is 3. The number of benzene rings is 3. The zero-order valence-corrected chi connectivity index (χ0v) is 25.7. The summed E-state index contributed by atoms with van der Waals surface area (Å²) in [6.07, 6.45) is 2.05. The smallest absolute Gasteiger partial charge is 0.238 e. The predicted octanol–water partition coefficient (Wildman–Crippen LogP) is 6.70. The molecule has 0 bridgehead atoms. The molecular weight excluding hydrogens is 660 g/mol. The first-order valence-electron chi connectivity index (χ1n) is 13.6. The summed E-state index contributed by atoms with van der Waals surface area (Å²) >= 11 is 15.1. The minimum atomic E-state index is -1.15. The van der Waals surface area contributed by atoms with E-state index in [1.54, 1.807) is 18.2 Å². The largest absolute Gasteiger partial charge is 0.490 e. The van der Waals surface area contributed by atoms with E-state index in [0.717, 1.165) is 52.7 Å². The molecule has 2 N–H and O–H groups in total. The Hall–Kier alpha value is -2.33. The summed E-state index contributed by atoms with van der Waals surface area (Å²) in [4.78, 5) is 30.2. The Balaban J connectivity index is 1.52. The number of ether oxygens (including phenoxy) is 1.